The van der Waals surface area contributed by atoms with Crippen LogP contribution in [-0.2, 0) is 0 Å². The monoisotopic (exact) mass is 245 g/mol. The van der Waals surface area contributed by atoms with Crippen LogP contribution in [0, 0.1) is 0 Å². The number of para-hydroxylation sites is 1. The Bertz CT molecular complexity index is 341. The van der Waals surface area contributed by atoms with Gasteiger partial charge < -0.3 is 0 Å². The lowest BCUT2D eigenvalue weighted by molar-refractivity contribution is 0.264. The Morgan fingerprint density at radius 1 is 1.40 bits per heavy atom. The van der Waals surface area contributed by atoms with E-state index in [1.54, 1.807) is 12.1 Å². The number of nitrogens with zero attached hydrogens (tertiary/aromatic N) is 1. The summed E-state index contributed by atoms with van der Waals surface area (Å²) < 4.78 is 0. The van der Waals surface area contributed by atoms with Gasteiger partial charge in [0, 0.05) is 6.54 Å². The van der Waals surface area contributed by atoms with Gasteiger partial charge in [0.05, 0.1) is 10.7 Å². The van der Waals surface area contributed by atoms with Crippen LogP contribution in [0.25, 0.3) is 0 Å². The van der Waals surface area contributed by atoms with Gasteiger partial charge in [-0.3, -0.25) is 9.69 Å². The van der Waals surface area contributed by atoms with E-state index in [2.05, 4.69) is 6.92 Å². The molecule has 82 valence electrons. The minimum Gasteiger partial charge on any atom is -0.297 e. The first kappa shape index (κ1) is 12.3. The average Bonchev–Trinajstić information content (AvgIpc) is 2.20. The topological polar surface area (TPSA) is 20.3 Å². The van der Waals surface area contributed by atoms with E-state index in [0.29, 0.717) is 17.3 Å². The van der Waals surface area contributed by atoms with Crippen LogP contribution < -0.4 is 4.90 Å². The van der Waals surface area contributed by atoms with Crippen LogP contribution in [-0.4, -0.2) is 11.9 Å². The molecule has 1 amide bonds. The van der Waals surface area contributed by atoms with E-state index in [0.717, 1.165) is 12.8 Å². The molecule has 0 fully saturated rings. The molecule has 0 heterocycles. The van der Waals surface area contributed by atoms with Crippen LogP contribution in [0.2, 0.25) is 5.02 Å². The molecule has 0 unspecified atom stereocenters. The zero-order valence-corrected chi connectivity index (χ0v) is 10.1. The Morgan fingerprint density at radius 2 is 2.07 bits per heavy atom. The Hall–Kier alpha value is -0.730. The molecule has 0 aliphatic carbocycles. The van der Waals surface area contributed by atoms with Crippen molar-refractivity contribution in [1.82, 2.24) is 0 Å². The highest BCUT2D eigenvalue weighted by molar-refractivity contribution is 6.66. The normalized spacial score (nSPS) is 10.1. The summed E-state index contributed by atoms with van der Waals surface area (Å²) in [5.41, 5.74) is 0.674. The molecule has 0 spiro atoms. The van der Waals surface area contributed by atoms with E-state index < -0.39 is 5.37 Å². The third kappa shape index (κ3) is 3.40. The summed E-state index contributed by atoms with van der Waals surface area (Å²) in [4.78, 5) is 12.7. The van der Waals surface area contributed by atoms with Gasteiger partial charge in [-0.2, -0.15) is 0 Å². The van der Waals surface area contributed by atoms with E-state index in [4.69, 9.17) is 23.2 Å². The first-order chi connectivity index (χ1) is 7.16. The average molecular weight is 246 g/mol. The third-order valence-electron chi connectivity index (χ3n) is 2.09. The van der Waals surface area contributed by atoms with E-state index in [9.17, 15) is 4.79 Å². The van der Waals surface area contributed by atoms with Gasteiger partial charge in [0.2, 0.25) is 0 Å². The van der Waals surface area contributed by atoms with Crippen LogP contribution in [0.5, 0.6) is 0 Å². The summed E-state index contributed by atoms with van der Waals surface area (Å²) in [7, 11) is 0. The number of unbranched alkanes of at least 4 members (excludes halogenated alkanes) is 1. The number of rotatable bonds is 4. The summed E-state index contributed by atoms with van der Waals surface area (Å²) in [6.07, 6.45) is 1.91. The predicted molar refractivity (Wildman–Crippen MR) is 65.0 cm³/mol. The summed E-state index contributed by atoms with van der Waals surface area (Å²) in [6.45, 7) is 2.66. The molecular formula is C11H13Cl2NO. The van der Waals surface area contributed by atoms with Gasteiger partial charge >= 0.3 is 5.37 Å². The smallest absolute Gasteiger partial charge is 0.297 e. The summed E-state index contributed by atoms with van der Waals surface area (Å²) in [6, 6.07) is 7.19. The highest BCUT2D eigenvalue weighted by Gasteiger charge is 2.14. The van der Waals surface area contributed by atoms with E-state index in [1.165, 1.54) is 4.90 Å². The zero-order valence-electron chi connectivity index (χ0n) is 8.54. The van der Waals surface area contributed by atoms with E-state index in [-0.39, 0.29) is 0 Å². The maximum atomic E-state index is 11.2. The number of halogens is 2. The van der Waals surface area contributed by atoms with Gasteiger partial charge in [-0.25, -0.2) is 0 Å². The third-order valence-corrected chi connectivity index (χ3v) is 2.61. The highest BCUT2D eigenvalue weighted by Crippen LogP contribution is 2.26. The molecule has 0 aliphatic heterocycles. The standard InChI is InChI=1S/C11H13Cl2NO/c1-2-3-8-14(11(13)15)10-7-5-4-6-9(10)12/h4-7H,2-3,8H2,1H3. The maximum Gasteiger partial charge on any atom is 0.320 e. The second-order valence-corrected chi connectivity index (χ2v) is 3.94. The molecule has 0 radical (unpaired) electrons. The fraction of sp³-hybridized carbons (Fsp3) is 0.364. The van der Waals surface area contributed by atoms with Crippen LogP contribution in [0.1, 0.15) is 19.8 Å². The second kappa shape index (κ2) is 5.99. The van der Waals surface area contributed by atoms with Crippen molar-refractivity contribution in [1.29, 1.82) is 0 Å². The van der Waals surface area contributed by atoms with Crippen LogP contribution in [0.4, 0.5) is 10.5 Å². The number of carbonyl (C=O) groups excluding carboxylic acids is 1. The van der Waals surface area contributed by atoms with Crippen molar-refractivity contribution in [2.45, 2.75) is 19.8 Å². The molecule has 0 aliphatic rings. The fourth-order valence-corrected chi connectivity index (χ4v) is 1.70. The van der Waals surface area contributed by atoms with Crippen molar-refractivity contribution in [3.05, 3.63) is 29.3 Å². The molecule has 0 bridgehead atoms. The molecule has 15 heavy (non-hydrogen) atoms. The van der Waals surface area contributed by atoms with E-state index in [1.807, 2.05) is 12.1 Å². The van der Waals surface area contributed by atoms with Crippen molar-refractivity contribution in [2.75, 3.05) is 11.4 Å². The minimum atomic E-state index is -0.489. The fourth-order valence-electron chi connectivity index (χ4n) is 1.29. The molecule has 1 aromatic rings. The SMILES string of the molecule is CCCCN(C(=O)Cl)c1ccccc1Cl. The lowest BCUT2D eigenvalue weighted by Crippen LogP contribution is -2.27. The molecule has 0 aromatic heterocycles. The molecule has 4 heteroatoms. The van der Waals surface area contributed by atoms with Crippen molar-refractivity contribution in [3.8, 4) is 0 Å². The summed E-state index contributed by atoms with van der Waals surface area (Å²) in [5, 5.41) is 0.0548. The number of anilines is 1. The lowest BCUT2D eigenvalue weighted by Gasteiger charge is -2.20. The van der Waals surface area contributed by atoms with Gasteiger partial charge in [-0.15, -0.1) is 0 Å². The maximum absolute atomic E-state index is 11.2. The summed E-state index contributed by atoms with van der Waals surface area (Å²) >= 11 is 11.5. The Labute approximate surface area is 99.8 Å². The largest absolute Gasteiger partial charge is 0.320 e. The quantitative estimate of drug-likeness (QED) is 0.572. The van der Waals surface area contributed by atoms with Gasteiger partial charge in [0.15, 0.2) is 0 Å². The molecule has 0 saturated heterocycles. The van der Waals surface area contributed by atoms with E-state index >= 15 is 0 Å². The predicted octanol–water partition coefficient (Wildman–Crippen LogP) is 4.31. The van der Waals surface area contributed by atoms with Gasteiger partial charge in [-0.1, -0.05) is 37.1 Å². The Balaban J connectivity index is 2.89. The molecular weight excluding hydrogens is 233 g/mol. The Kier molecular flexibility index (Phi) is 4.92. The first-order valence-corrected chi connectivity index (χ1v) is 5.64. The summed E-state index contributed by atoms with van der Waals surface area (Å²) in [5.74, 6) is 0. The minimum absolute atomic E-state index is 0.489. The van der Waals surface area contributed by atoms with Crippen LogP contribution in [0.3, 0.4) is 0 Å². The molecule has 1 rings (SSSR count). The van der Waals surface area contributed by atoms with Crippen molar-refractivity contribution >= 4 is 34.3 Å². The molecule has 2 nitrogen and oxygen atoms in total. The Morgan fingerprint density at radius 3 is 2.60 bits per heavy atom. The van der Waals surface area contributed by atoms with Crippen molar-refractivity contribution < 1.29 is 4.79 Å². The second-order valence-electron chi connectivity index (χ2n) is 3.21. The first-order valence-electron chi connectivity index (χ1n) is 4.88. The van der Waals surface area contributed by atoms with Crippen molar-refractivity contribution in [2.24, 2.45) is 0 Å². The number of carbonyl (C=O) groups is 1. The number of hydrogen-bond acceptors (Lipinski definition) is 1. The van der Waals surface area contributed by atoms with Crippen LogP contribution in [0.15, 0.2) is 24.3 Å². The van der Waals surface area contributed by atoms with Crippen molar-refractivity contribution in [3.63, 3.8) is 0 Å². The van der Waals surface area contributed by atoms with Crippen LogP contribution >= 0.6 is 23.2 Å². The lowest BCUT2D eigenvalue weighted by atomic mass is 10.2. The van der Waals surface area contributed by atoms with Gasteiger partial charge in [0.25, 0.3) is 0 Å². The highest BCUT2D eigenvalue weighted by atomic mass is 35.5. The number of amides is 1. The molecule has 1 aromatic carbocycles. The number of benzene rings is 1. The molecule has 0 atom stereocenters. The van der Waals surface area contributed by atoms with Gasteiger partial charge in [-0.05, 0) is 30.2 Å². The molecule has 0 N–H and O–H groups in total. The molecule has 0 saturated carbocycles. The van der Waals surface area contributed by atoms with Gasteiger partial charge in [0.1, 0.15) is 0 Å². The number of hydrogen-bond donors (Lipinski definition) is 0. The zero-order chi connectivity index (χ0) is 11.3.